The molecule has 0 amide bonds. The third-order valence-electron chi connectivity index (χ3n) is 1.52. The first-order chi connectivity index (χ1) is 5.91. The van der Waals surface area contributed by atoms with Crippen molar-refractivity contribution in [3.05, 3.63) is 0 Å². The van der Waals surface area contributed by atoms with E-state index >= 15 is 0 Å². The number of hydrogen-bond donors (Lipinski definition) is 5. The molecular formula is C6H11O6U. The fourth-order valence-corrected chi connectivity index (χ4v) is 1.39. The second kappa shape index (κ2) is 6.09. The zero-order valence-electron chi connectivity index (χ0n) is 6.66. The Labute approximate surface area is 93.4 Å². The Bertz CT molecular complexity index is 175. The first-order valence-corrected chi connectivity index (χ1v) is 5.58. The van der Waals surface area contributed by atoms with E-state index in [2.05, 4.69) is 0 Å². The molecule has 0 aliphatic carbocycles. The minimum atomic E-state index is -1.75. The van der Waals surface area contributed by atoms with Crippen LogP contribution in [0.3, 0.4) is 0 Å². The summed E-state index contributed by atoms with van der Waals surface area (Å²) in [4.78, 5) is 10.6. The Kier molecular flexibility index (Phi) is 6.33. The van der Waals surface area contributed by atoms with Gasteiger partial charge >= 0.3 is 93.6 Å². The van der Waals surface area contributed by atoms with Crippen LogP contribution in [-0.2, 0) is 4.79 Å². The molecule has 13 heavy (non-hydrogen) atoms. The summed E-state index contributed by atoms with van der Waals surface area (Å²) in [5.74, 6) is 0. The average molecular weight is 417 g/mol. The van der Waals surface area contributed by atoms with Gasteiger partial charge in [-0.2, -0.15) is 0 Å². The van der Waals surface area contributed by atoms with Crippen LogP contribution in [0.15, 0.2) is 0 Å². The Hall–Kier alpha value is 0.522. The molecule has 0 aromatic rings. The minimum absolute atomic E-state index is 0.171. The van der Waals surface area contributed by atoms with Crippen LogP contribution in [0.2, 0.25) is 0 Å². The third-order valence-corrected chi connectivity index (χ3v) is 2.75. The summed E-state index contributed by atoms with van der Waals surface area (Å²) in [6.45, 7) is -0.747. The normalized spacial score (nSPS) is 20.5. The molecular weight excluding hydrogens is 406 g/mol. The van der Waals surface area contributed by atoms with Gasteiger partial charge in [0.2, 0.25) is 0 Å². The Morgan fingerprint density at radius 1 is 1.15 bits per heavy atom. The topological polar surface area (TPSA) is 118 Å². The molecule has 75 valence electrons. The molecule has 6 nitrogen and oxygen atoms in total. The molecule has 0 unspecified atom stereocenters. The van der Waals surface area contributed by atoms with Gasteiger partial charge in [-0.15, -0.1) is 0 Å². The first-order valence-electron chi connectivity index (χ1n) is 3.50. The molecule has 0 aliphatic rings. The summed E-state index contributed by atoms with van der Waals surface area (Å²) in [6.07, 6.45) is -6.71. The van der Waals surface area contributed by atoms with Gasteiger partial charge in [-0.25, -0.2) is 0 Å². The van der Waals surface area contributed by atoms with Crippen LogP contribution in [0.1, 0.15) is 0 Å². The van der Waals surface area contributed by atoms with Crippen molar-refractivity contribution in [3.8, 4) is 0 Å². The number of carbonyl (C=O) groups excluding carboxylic acids is 1. The molecule has 0 aromatic carbocycles. The van der Waals surface area contributed by atoms with Gasteiger partial charge in [0.25, 0.3) is 0 Å². The van der Waals surface area contributed by atoms with Gasteiger partial charge in [0.15, 0.2) is 0 Å². The molecule has 0 rings (SSSR count). The Morgan fingerprint density at radius 2 is 1.62 bits per heavy atom. The summed E-state index contributed by atoms with van der Waals surface area (Å²) >= 11 is -0.171. The molecule has 5 N–H and O–H groups in total. The van der Waals surface area contributed by atoms with E-state index in [1.165, 1.54) is 0 Å². The van der Waals surface area contributed by atoms with Crippen LogP contribution in [0, 0.1) is 29.4 Å². The van der Waals surface area contributed by atoms with Gasteiger partial charge in [-0.1, -0.05) is 0 Å². The summed E-state index contributed by atoms with van der Waals surface area (Å²) in [5.41, 5.74) is 0. The molecule has 0 aromatic heterocycles. The number of hydrogen-bond acceptors (Lipinski definition) is 6. The molecule has 0 bridgehead atoms. The summed E-state index contributed by atoms with van der Waals surface area (Å²) in [5, 5.41) is 44.4. The zero-order valence-corrected chi connectivity index (χ0v) is 10.8. The average Bonchev–Trinajstić information content (AvgIpc) is 2.12. The van der Waals surface area contributed by atoms with Crippen LogP contribution < -0.4 is 0 Å². The van der Waals surface area contributed by atoms with Crippen molar-refractivity contribution in [1.82, 2.24) is 0 Å². The molecule has 0 spiro atoms. The van der Waals surface area contributed by atoms with E-state index in [0.29, 0.717) is 0 Å². The van der Waals surface area contributed by atoms with Gasteiger partial charge in [-0.05, 0) is 0 Å². The van der Waals surface area contributed by atoms with Crippen molar-refractivity contribution < 1.29 is 59.7 Å². The van der Waals surface area contributed by atoms with Gasteiger partial charge < -0.3 is 0 Å². The van der Waals surface area contributed by atoms with E-state index in [1.54, 1.807) is 0 Å². The summed E-state index contributed by atoms with van der Waals surface area (Å²) < 4.78 is -0.557. The molecule has 0 aliphatic heterocycles. The van der Waals surface area contributed by atoms with Crippen LogP contribution >= 0.6 is 0 Å². The maximum atomic E-state index is 10.6. The van der Waals surface area contributed by atoms with E-state index in [-0.39, 0.29) is 29.4 Å². The number of rotatable bonds is 5. The van der Waals surface area contributed by atoms with E-state index < -0.39 is 33.8 Å². The number of aliphatic hydroxyl groups excluding tert-OH is 5. The van der Waals surface area contributed by atoms with Crippen molar-refractivity contribution in [2.45, 2.75) is 24.4 Å². The van der Waals surface area contributed by atoms with Crippen LogP contribution in [0.5, 0.6) is 0 Å². The molecule has 7 heteroatoms. The maximum absolute atomic E-state index is 10.6. The molecule has 0 saturated carbocycles. The SMILES string of the molecule is O=[C]([U])[C@H](O)[C@@H](O)[C@H](O)[C@H](O)CO. The summed E-state index contributed by atoms with van der Waals surface area (Å²) in [7, 11) is 0. The molecule has 0 saturated heterocycles. The van der Waals surface area contributed by atoms with E-state index in [9.17, 15) is 4.79 Å². The molecule has 0 heterocycles. The quantitative estimate of drug-likeness (QED) is 0.317. The van der Waals surface area contributed by atoms with E-state index in [1.807, 2.05) is 0 Å². The Morgan fingerprint density at radius 3 is 1.92 bits per heavy atom. The van der Waals surface area contributed by atoms with Crippen molar-refractivity contribution in [2.24, 2.45) is 0 Å². The van der Waals surface area contributed by atoms with Crippen molar-refractivity contribution in [3.63, 3.8) is 0 Å². The van der Waals surface area contributed by atoms with E-state index in [0.717, 1.165) is 0 Å². The van der Waals surface area contributed by atoms with Crippen molar-refractivity contribution >= 4 is 2.82 Å². The predicted molar refractivity (Wildman–Crippen MR) is 36.1 cm³/mol. The monoisotopic (exact) mass is 417 g/mol. The summed E-state index contributed by atoms with van der Waals surface area (Å²) in [6, 6.07) is 0. The molecule has 4 atom stereocenters. The van der Waals surface area contributed by atoms with Gasteiger partial charge in [0.1, 0.15) is 0 Å². The molecule has 0 fully saturated rings. The van der Waals surface area contributed by atoms with Crippen LogP contribution in [0.4, 0.5) is 0 Å². The zero-order chi connectivity index (χ0) is 10.6. The van der Waals surface area contributed by atoms with Crippen LogP contribution in [0.25, 0.3) is 0 Å². The predicted octanol–water partition coefficient (Wildman–Crippen LogP) is -3.50. The second-order valence-electron chi connectivity index (χ2n) is 2.54. The fraction of sp³-hybridized carbons (Fsp3) is 0.833. The number of aliphatic hydroxyl groups is 5. The standard InChI is InChI=1S/C6H11O6.U/c7-1-3(9)5(11)6(12)4(10)2-8;/h3-7,9-12H,1H2;/t3-,4+,5-,6-;/m1./s1. The fourth-order valence-electron chi connectivity index (χ4n) is 0.677. The van der Waals surface area contributed by atoms with Gasteiger partial charge in [-0.3, -0.25) is 0 Å². The van der Waals surface area contributed by atoms with Crippen molar-refractivity contribution in [2.75, 3.05) is 6.61 Å². The second-order valence-corrected chi connectivity index (χ2v) is 4.59. The van der Waals surface area contributed by atoms with Crippen molar-refractivity contribution in [1.29, 1.82) is 0 Å². The Balaban J connectivity index is 4.24. The van der Waals surface area contributed by atoms with Gasteiger partial charge in [0.05, 0.1) is 0 Å². The van der Waals surface area contributed by atoms with Crippen LogP contribution in [-0.4, -0.2) is 59.4 Å². The van der Waals surface area contributed by atoms with E-state index in [4.69, 9.17) is 25.5 Å². The molecule has 0 radical (unpaired) electrons. The third kappa shape index (κ3) is 4.04. The van der Waals surface area contributed by atoms with Gasteiger partial charge in [0, 0.05) is 0 Å². The number of carbonyl (C=O) groups is 1. The first kappa shape index (κ1) is 13.5.